The number of carbonyl (C=O) groups excluding carboxylic acids is 2. The predicted molar refractivity (Wildman–Crippen MR) is 114 cm³/mol. The van der Waals surface area contributed by atoms with E-state index in [0.717, 1.165) is 0 Å². The number of carbonyl (C=O) groups is 2. The van der Waals surface area contributed by atoms with Gasteiger partial charge in [0.05, 0.1) is 6.20 Å². The summed E-state index contributed by atoms with van der Waals surface area (Å²) in [6.07, 6.45) is 5.26. The lowest BCUT2D eigenvalue weighted by Gasteiger charge is -2.38. The minimum absolute atomic E-state index is 0.0355. The third-order valence-electron chi connectivity index (χ3n) is 6.32. The topological polar surface area (TPSA) is 66.4 Å². The van der Waals surface area contributed by atoms with Crippen LogP contribution in [-0.4, -0.2) is 57.3 Å². The Labute approximate surface area is 183 Å². The van der Waals surface area contributed by atoms with Gasteiger partial charge in [0.25, 0.3) is 11.8 Å². The van der Waals surface area contributed by atoms with Gasteiger partial charge < -0.3 is 9.80 Å². The Morgan fingerprint density at radius 1 is 1.06 bits per heavy atom. The highest BCUT2D eigenvalue weighted by atomic mass is 32.1. The minimum Gasteiger partial charge on any atom is -0.337 e. The number of thiophene rings is 1. The van der Waals surface area contributed by atoms with E-state index in [1.165, 1.54) is 42.2 Å². The first-order chi connectivity index (χ1) is 15.1. The molecule has 2 saturated heterocycles. The van der Waals surface area contributed by atoms with Crippen LogP contribution in [0.15, 0.2) is 59.7 Å². The molecular weight excluding hydrogens is 415 g/mol. The normalized spacial score (nSPS) is 22.9. The van der Waals surface area contributed by atoms with Crippen LogP contribution in [0.25, 0.3) is 0 Å². The third-order valence-corrected chi connectivity index (χ3v) is 7.03. The molecule has 4 heterocycles. The van der Waals surface area contributed by atoms with Gasteiger partial charge in [0.1, 0.15) is 11.5 Å². The fraction of sp³-hybridized carbons (Fsp3) is 0.304. The number of fused-ring (bicyclic) bond motifs is 1. The lowest BCUT2D eigenvalue weighted by molar-refractivity contribution is 0.0530. The number of likely N-dealkylation sites (tertiary alicyclic amines) is 2. The second-order valence-corrected chi connectivity index (χ2v) is 8.77. The number of piperidine rings is 1. The van der Waals surface area contributed by atoms with Crippen LogP contribution in [0, 0.1) is 11.7 Å². The number of benzene rings is 1. The van der Waals surface area contributed by atoms with Crippen LogP contribution < -0.4 is 0 Å². The lowest BCUT2D eigenvalue weighted by Crippen LogP contribution is -2.49. The molecule has 0 bridgehead atoms. The monoisotopic (exact) mass is 436 g/mol. The summed E-state index contributed by atoms with van der Waals surface area (Å²) in [6, 6.07) is 7.85. The molecule has 31 heavy (non-hydrogen) atoms. The molecule has 158 valence electrons. The number of hydrogen-bond acceptors (Lipinski definition) is 5. The maximum Gasteiger partial charge on any atom is 0.274 e. The van der Waals surface area contributed by atoms with Crippen molar-refractivity contribution in [2.45, 2.75) is 18.4 Å². The molecule has 0 N–H and O–H groups in total. The summed E-state index contributed by atoms with van der Waals surface area (Å²) in [6.45, 7) is 1.71. The maximum absolute atomic E-state index is 13.3. The Morgan fingerprint density at radius 3 is 2.61 bits per heavy atom. The SMILES string of the molecule is O=C(c1cnccn1)N1CC[C@H]2[C@@H](C1)[C@H](c1ccsc1)CN2C(=O)c1ccc(F)cc1. The summed E-state index contributed by atoms with van der Waals surface area (Å²) in [4.78, 5) is 38.1. The van der Waals surface area contributed by atoms with Crippen LogP contribution in [0.1, 0.15) is 38.7 Å². The number of rotatable bonds is 3. The minimum atomic E-state index is -0.358. The fourth-order valence-electron chi connectivity index (χ4n) is 4.82. The van der Waals surface area contributed by atoms with Crippen molar-refractivity contribution < 1.29 is 14.0 Å². The molecule has 3 aromatic rings. The van der Waals surface area contributed by atoms with Gasteiger partial charge in [-0.3, -0.25) is 14.6 Å². The summed E-state index contributed by atoms with van der Waals surface area (Å²) in [5.74, 6) is -0.283. The van der Waals surface area contributed by atoms with E-state index in [2.05, 4.69) is 21.4 Å². The van der Waals surface area contributed by atoms with E-state index in [1.54, 1.807) is 17.5 Å². The van der Waals surface area contributed by atoms with Crippen molar-refractivity contribution in [3.8, 4) is 0 Å². The molecule has 0 aliphatic carbocycles. The van der Waals surface area contributed by atoms with Crippen molar-refractivity contribution in [3.63, 3.8) is 0 Å². The van der Waals surface area contributed by atoms with Gasteiger partial charge in [-0.05, 0) is 53.1 Å². The molecule has 0 radical (unpaired) electrons. The van der Waals surface area contributed by atoms with Gasteiger partial charge in [-0.25, -0.2) is 9.37 Å². The summed E-state index contributed by atoms with van der Waals surface area (Å²) >= 11 is 1.63. The van der Waals surface area contributed by atoms with Crippen molar-refractivity contribution in [1.29, 1.82) is 0 Å². The number of halogens is 1. The average molecular weight is 437 g/mol. The summed E-state index contributed by atoms with van der Waals surface area (Å²) in [5, 5.41) is 4.16. The maximum atomic E-state index is 13.3. The van der Waals surface area contributed by atoms with Crippen molar-refractivity contribution in [3.05, 3.63) is 82.3 Å². The van der Waals surface area contributed by atoms with E-state index in [0.29, 0.717) is 37.3 Å². The fourth-order valence-corrected chi connectivity index (χ4v) is 5.55. The second kappa shape index (κ2) is 8.19. The van der Waals surface area contributed by atoms with E-state index >= 15 is 0 Å². The third kappa shape index (κ3) is 3.72. The van der Waals surface area contributed by atoms with E-state index in [4.69, 9.17) is 0 Å². The van der Waals surface area contributed by atoms with E-state index < -0.39 is 0 Å². The van der Waals surface area contributed by atoms with Crippen molar-refractivity contribution in [2.24, 2.45) is 5.92 Å². The largest absolute Gasteiger partial charge is 0.337 e. The van der Waals surface area contributed by atoms with Gasteiger partial charge in [-0.2, -0.15) is 11.3 Å². The molecule has 1 aromatic carbocycles. The summed E-state index contributed by atoms with van der Waals surface area (Å²) < 4.78 is 13.3. The molecular formula is C23H21FN4O2S. The van der Waals surface area contributed by atoms with Gasteiger partial charge in [0.2, 0.25) is 0 Å². The number of hydrogen-bond donors (Lipinski definition) is 0. The van der Waals surface area contributed by atoms with Crippen LogP contribution in [0.4, 0.5) is 4.39 Å². The quantitative estimate of drug-likeness (QED) is 0.631. The first kappa shape index (κ1) is 19.8. The van der Waals surface area contributed by atoms with Gasteiger partial charge in [0, 0.05) is 55.5 Å². The first-order valence-electron chi connectivity index (χ1n) is 10.3. The Morgan fingerprint density at radius 2 is 1.90 bits per heavy atom. The molecule has 0 spiro atoms. The highest BCUT2D eigenvalue weighted by molar-refractivity contribution is 7.08. The Balaban J connectivity index is 1.42. The molecule has 0 saturated carbocycles. The number of amides is 2. The predicted octanol–water partition coefficient (Wildman–Crippen LogP) is 3.45. The zero-order valence-corrected chi connectivity index (χ0v) is 17.5. The second-order valence-electron chi connectivity index (χ2n) is 7.99. The van der Waals surface area contributed by atoms with Gasteiger partial charge in [0.15, 0.2) is 0 Å². The van der Waals surface area contributed by atoms with Crippen LogP contribution in [0.2, 0.25) is 0 Å². The zero-order chi connectivity index (χ0) is 21.4. The highest BCUT2D eigenvalue weighted by Gasteiger charge is 2.48. The standard InChI is InChI=1S/C23H21FN4O2S/c24-17-3-1-15(2-4-17)22(29)28-13-18(16-6-10-31-14-16)19-12-27(9-5-21(19)28)23(30)20-11-25-7-8-26-20/h1-4,6-8,10-11,14,18-19,21H,5,9,12-13H2/t18-,19-,21-/m0/s1. The average Bonchev–Trinajstić information content (AvgIpc) is 3.47. The molecule has 2 aromatic heterocycles. The molecule has 2 fully saturated rings. The Kier molecular flexibility index (Phi) is 5.23. The molecule has 5 rings (SSSR count). The number of nitrogens with zero attached hydrogens (tertiary/aromatic N) is 4. The van der Waals surface area contributed by atoms with Crippen LogP contribution in [0.3, 0.4) is 0 Å². The Bertz CT molecular complexity index is 1070. The van der Waals surface area contributed by atoms with E-state index in [9.17, 15) is 14.0 Å². The smallest absolute Gasteiger partial charge is 0.274 e. The molecule has 2 aliphatic heterocycles. The van der Waals surface area contributed by atoms with Gasteiger partial charge in [-0.15, -0.1) is 0 Å². The van der Waals surface area contributed by atoms with Crippen molar-refractivity contribution >= 4 is 23.2 Å². The van der Waals surface area contributed by atoms with E-state index in [1.807, 2.05) is 15.2 Å². The molecule has 8 heteroatoms. The number of aromatic nitrogens is 2. The first-order valence-corrected chi connectivity index (χ1v) is 11.2. The van der Waals surface area contributed by atoms with E-state index in [-0.39, 0.29) is 35.5 Å². The zero-order valence-electron chi connectivity index (χ0n) is 16.7. The van der Waals surface area contributed by atoms with Crippen molar-refractivity contribution in [2.75, 3.05) is 19.6 Å². The summed E-state index contributed by atoms with van der Waals surface area (Å²) in [7, 11) is 0. The molecule has 3 atom stereocenters. The molecule has 6 nitrogen and oxygen atoms in total. The van der Waals surface area contributed by atoms with Gasteiger partial charge in [-0.1, -0.05) is 0 Å². The van der Waals surface area contributed by atoms with Crippen LogP contribution >= 0.6 is 11.3 Å². The Hall–Kier alpha value is -3.13. The van der Waals surface area contributed by atoms with Crippen molar-refractivity contribution in [1.82, 2.24) is 19.8 Å². The van der Waals surface area contributed by atoms with Crippen LogP contribution in [0.5, 0.6) is 0 Å². The lowest BCUT2D eigenvalue weighted by atomic mass is 9.82. The van der Waals surface area contributed by atoms with Gasteiger partial charge >= 0.3 is 0 Å². The van der Waals surface area contributed by atoms with Crippen LogP contribution in [-0.2, 0) is 0 Å². The molecule has 0 unspecified atom stereocenters. The summed E-state index contributed by atoms with van der Waals surface area (Å²) in [5.41, 5.74) is 2.03. The molecule has 2 amide bonds. The molecule has 2 aliphatic rings. The highest BCUT2D eigenvalue weighted by Crippen LogP contribution is 2.42.